The van der Waals surface area contributed by atoms with Gasteiger partial charge >= 0.3 is 0 Å². The van der Waals surface area contributed by atoms with E-state index in [0.717, 1.165) is 39.1 Å². The minimum absolute atomic E-state index is 0.952. The van der Waals surface area contributed by atoms with Gasteiger partial charge in [0.05, 0.1) is 0 Å². The maximum Gasteiger partial charge on any atom is 0.0492 e. The van der Waals surface area contributed by atoms with Gasteiger partial charge in [0.25, 0.3) is 0 Å². The van der Waals surface area contributed by atoms with E-state index in [1.807, 2.05) is 11.1 Å². The van der Waals surface area contributed by atoms with Gasteiger partial charge in [-0.1, -0.05) is 0 Å². The van der Waals surface area contributed by atoms with Crippen LogP contribution in [0.25, 0.3) is 0 Å². The normalized spacial score (nSPS) is 20.9. The van der Waals surface area contributed by atoms with Crippen LogP contribution in [0.15, 0.2) is 12.3 Å². The molecule has 0 spiro atoms. The van der Waals surface area contributed by atoms with Crippen molar-refractivity contribution in [1.82, 2.24) is 20.1 Å². The molecule has 2 heterocycles. The summed E-state index contributed by atoms with van der Waals surface area (Å²) in [5.74, 6) is 5.76. The van der Waals surface area contributed by atoms with Crippen molar-refractivity contribution in [3.63, 3.8) is 0 Å². The molecule has 0 atom stereocenters. The molecule has 0 radical (unpaired) electrons. The fraction of sp³-hybridized carbons (Fsp3) is 0.667. The van der Waals surface area contributed by atoms with Crippen LogP contribution in [-0.4, -0.2) is 46.3 Å². The summed E-state index contributed by atoms with van der Waals surface area (Å²) in [7, 11) is 0. The molecular formula is C9H17N5. The van der Waals surface area contributed by atoms with Crippen molar-refractivity contribution in [2.24, 2.45) is 5.84 Å². The molecule has 2 rings (SSSR count). The van der Waals surface area contributed by atoms with Gasteiger partial charge in [0, 0.05) is 38.1 Å². The van der Waals surface area contributed by atoms with E-state index in [1.54, 1.807) is 6.20 Å². The monoisotopic (exact) mass is 195 g/mol. The molecule has 1 aliphatic rings. The lowest BCUT2D eigenvalue weighted by atomic mass is 10.3. The Kier molecular flexibility index (Phi) is 3.13. The molecule has 1 aromatic rings. The van der Waals surface area contributed by atoms with Gasteiger partial charge in [-0.15, -0.1) is 0 Å². The molecule has 0 aromatic carbocycles. The summed E-state index contributed by atoms with van der Waals surface area (Å²) in [5, 5.41) is 8.81. The summed E-state index contributed by atoms with van der Waals surface area (Å²) in [6.07, 6.45) is 2.94. The van der Waals surface area contributed by atoms with Crippen LogP contribution in [0.3, 0.4) is 0 Å². The quantitative estimate of drug-likeness (QED) is 0.641. The van der Waals surface area contributed by atoms with Gasteiger partial charge in [-0.2, -0.15) is 5.10 Å². The van der Waals surface area contributed by atoms with Gasteiger partial charge in [-0.05, 0) is 19.0 Å². The minimum Gasteiger partial charge on any atom is -0.296 e. The topological polar surface area (TPSA) is 61.2 Å². The first-order valence-electron chi connectivity index (χ1n) is 5.05. The SMILES string of the molecule is NN1CCCN(Cc2ccn[nH]2)CC1. The van der Waals surface area contributed by atoms with E-state index in [0.29, 0.717) is 0 Å². The van der Waals surface area contributed by atoms with E-state index in [1.165, 1.54) is 5.69 Å². The second kappa shape index (κ2) is 4.54. The number of nitrogens with two attached hydrogens (primary N) is 1. The fourth-order valence-corrected chi connectivity index (χ4v) is 1.76. The Morgan fingerprint density at radius 1 is 1.36 bits per heavy atom. The Balaban J connectivity index is 1.86. The smallest absolute Gasteiger partial charge is 0.0492 e. The standard InChI is InChI=1S/C9H17N5/c10-14-5-1-4-13(6-7-14)8-9-2-3-11-12-9/h2-3H,1,4-8,10H2,(H,11,12). The third-order valence-corrected chi connectivity index (χ3v) is 2.58. The largest absolute Gasteiger partial charge is 0.296 e. The highest BCUT2D eigenvalue weighted by Crippen LogP contribution is 2.04. The number of rotatable bonds is 2. The van der Waals surface area contributed by atoms with Crippen molar-refractivity contribution in [3.8, 4) is 0 Å². The van der Waals surface area contributed by atoms with Crippen molar-refractivity contribution in [3.05, 3.63) is 18.0 Å². The van der Waals surface area contributed by atoms with Crippen LogP contribution in [-0.2, 0) is 6.54 Å². The number of nitrogens with one attached hydrogen (secondary N) is 1. The van der Waals surface area contributed by atoms with E-state index >= 15 is 0 Å². The van der Waals surface area contributed by atoms with E-state index in [9.17, 15) is 0 Å². The fourth-order valence-electron chi connectivity index (χ4n) is 1.76. The van der Waals surface area contributed by atoms with Crippen molar-refractivity contribution < 1.29 is 0 Å². The second-order valence-electron chi connectivity index (χ2n) is 3.75. The molecule has 5 heteroatoms. The number of aromatic nitrogens is 2. The Labute approximate surface area is 83.8 Å². The molecule has 1 aliphatic heterocycles. The highest BCUT2D eigenvalue weighted by Gasteiger charge is 2.12. The Morgan fingerprint density at radius 2 is 2.29 bits per heavy atom. The number of H-pyrrole nitrogens is 1. The number of aromatic amines is 1. The molecule has 0 unspecified atom stereocenters. The Bertz CT molecular complexity index is 258. The predicted octanol–water partition coefficient (Wildman–Crippen LogP) is -0.209. The molecule has 3 N–H and O–H groups in total. The van der Waals surface area contributed by atoms with E-state index in [4.69, 9.17) is 5.84 Å². The number of hydrogen-bond donors (Lipinski definition) is 2. The maximum absolute atomic E-state index is 5.76. The molecule has 0 saturated carbocycles. The van der Waals surface area contributed by atoms with Crippen molar-refractivity contribution in [2.75, 3.05) is 26.2 Å². The van der Waals surface area contributed by atoms with Crippen molar-refractivity contribution in [2.45, 2.75) is 13.0 Å². The van der Waals surface area contributed by atoms with Crippen LogP contribution in [0.2, 0.25) is 0 Å². The number of hydrogen-bond acceptors (Lipinski definition) is 4. The minimum atomic E-state index is 0.952. The molecule has 0 amide bonds. The maximum atomic E-state index is 5.76. The molecular weight excluding hydrogens is 178 g/mol. The van der Waals surface area contributed by atoms with Gasteiger partial charge in [0.15, 0.2) is 0 Å². The first-order chi connectivity index (χ1) is 6.84. The Morgan fingerprint density at radius 3 is 3.07 bits per heavy atom. The molecule has 1 aromatic heterocycles. The highest BCUT2D eigenvalue weighted by molar-refractivity contribution is 4.97. The predicted molar refractivity (Wildman–Crippen MR) is 54.2 cm³/mol. The van der Waals surface area contributed by atoms with Gasteiger partial charge in [0.2, 0.25) is 0 Å². The summed E-state index contributed by atoms with van der Waals surface area (Å²) in [4.78, 5) is 2.40. The third-order valence-electron chi connectivity index (χ3n) is 2.58. The van der Waals surface area contributed by atoms with Crippen LogP contribution in [0.1, 0.15) is 12.1 Å². The molecule has 14 heavy (non-hydrogen) atoms. The zero-order valence-corrected chi connectivity index (χ0v) is 8.32. The molecule has 0 aliphatic carbocycles. The van der Waals surface area contributed by atoms with Crippen molar-refractivity contribution in [1.29, 1.82) is 0 Å². The summed E-state index contributed by atoms with van der Waals surface area (Å²) < 4.78 is 0. The van der Waals surface area contributed by atoms with Crippen LogP contribution in [0.5, 0.6) is 0 Å². The summed E-state index contributed by atoms with van der Waals surface area (Å²) in [5.41, 5.74) is 1.18. The second-order valence-corrected chi connectivity index (χ2v) is 3.75. The first-order valence-corrected chi connectivity index (χ1v) is 5.05. The molecule has 1 fully saturated rings. The van der Waals surface area contributed by atoms with Crippen LogP contribution in [0.4, 0.5) is 0 Å². The Hall–Kier alpha value is -0.910. The van der Waals surface area contributed by atoms with Crippen LogP contribution < -0.4 is 5.84 Å². The summed E-state index contributed by atoms with van der Waals surface area (Å²) in [6, 6.07) is 2.02. The van der Waals surface area contributed by atoms with E-state index < -0.39 is 0 Å². The lowest BCUT2D eigenvalue weighted by molar-refractivity contribution is 0.253. The molecule has 0 bridgehead atoms. The molecule has 1 saturated heterocycles. The molecule has 5 nitrogen and oxygen atoms in total. The zero-order chi connectivity index (χ0) is 9.80. The summed E-state index contributed by atoms with van der Waals surface area (Å²) in [6.45, 7) is 5.06. The lowest BCUT2D eigenvalue weighted by Gasteiger charge is -2.18. The van der Waals surface area contributed by atoms with E-state index in [-0.39, 0.29) is 0 Å². The molecule has 78 valence electrons. The number of nitrogens with zero attached hydrogens (tertiary/aromatic N) is 3. The third kappa shape index (κ3) is 2.54. The zero-order valence-electron chi connectivity index (χ0n) is 8.32. The van der Waals surface area contributed by atoms with Gasteiger partial charge in [0.1, 0.15) is 0 Å². The van der Waals surface area contributed by atoms with Gasteiger partial charge in [-0.25, -0.2) is 5.01 Å². The average Bonchev–Trinajstić information content (AvgIpc) is 2.58. The van der Waals surface area contributed by atoms with Gasteiger partial charge < -0.3 is 0 Å². The lowest BCUT2D eigenvalue weighted by Crippen LogP contribution is -2.35. The highest BCUT2D eigenvalue weighted by atomic mass is 15.4. The van der Waals surface area contributed by atoms with Crippen molar-refractivity contribution >= 4 is 0 Å². The number of hydrazine groups is 1. The average molecular weight is 195 g/mol. The van der Waals surface area contributed by atoms with E-state index in [2.05, 4.69) is 15.1 Å². The van der Waals surface area contributed by atoms with Gasteiger partial charge in [-0.3, -0.25) is 15.8 Å². The van der Waals surface area contributed by atoms with Crippen LogP contribution in [0, 0.1) is 0 Å². The van der Waals surface area contributed by atoms with Crippen LogP contribution >= 0.6 is 0 Å². The first kappa shape index (κ1) is 9.64. The summed E-state index contributed by atoms with van der Waals surface area (Å²) >= 11 is 0.